The van der Waals surface area contributed by atoms with Gasteiger partial charge in [0.1, 0.15) is 0 Å². The van der Waals surface area contributed by atoms with Gasteiger partial charge in [0, 0.05) is 12.1 Å². The first kappa shape index (κ1) is 10.2. The molecule has 0 spiro atoms. The number of carbonyl (C=O) groups is 1. The average Bonchev–Trinajstić information content (AvgIpc) is 2.16. The molecule has 0 radical (unpaired) electrons. The Morgan fingerprint density at radius 1 is 1.33 bits per heavy atom. The molecule has 0 saturated heterocycles. The maximum absolute atomic E-state index is 11.7. The zero-order chi connectivity index (χ0) is 11.0. The van der Waals surface area contributed by atoms with E-state index in [1.165, 1.54) is 16.7 Å². The SMILES string of the molecule is Cc1cc2c(cc1C(C)C)C(=O)NCC2. The van der Waals surface area contributed by atoms with Crippen molar-refractivity contribution in [3.63, 3.8) is 0 Å². The summed E-state index contributed by atoms with van der Waals surface area (Å²) in [6.45, 7) is 7.22. The van der Waals surface area contributed by atoms with E-state index in [1.807, 2.05) is 0 Å². The van der Waals surface area contributed by atoms with E-state index >= 15 is 0 Å². The van der Waals surface area contributed by atoms with Crippen LogP contribution in [0.3, 0.4) is 0 Å². The Balaban J connectivity index is 2.55. The van der Waals surface area contributed by atoms with E-state index in [0.717, 1.165) is 18.5 Å². The highest BCUT2D eigenvalue weighted by molar-refractivity contribution is 5.97. The fraction of sp³-hybridized carbons (Fsp3) is 0.462. The Kier molecular flexibility index (Phi) is 2.51. The molecular weight excluding hydrogens is 186 g/mol. The highest BCUT2D eigenvalue weighted by atomic mass is 16.1. The van der Waals surface area contributed by atoms with E-state index in [4.69, 9.17) is 0 Å². The van der Waals surface area contributed by atoms with Crippen LogP contribution in [-0.2, 0) is 6.42 Å². The molecule has 80 valence electrons. The van der Waals surface area contributed by atoms with Crippen molar-refractivity contribution in [2.24, 2.45) is 0 Å². The van der Waals surface area contributed by atoms with Crippen LogP contribution < -0.4 is 5.32 Å². The maximum atomic E-state index is 11.7. The van der Waals surface area contributed by atoms with E-state index in [9.17, 15) is 4.79 Å². The number of amides is 1. The predicted molar refractivity (Wildman–Crippen MR) is 61.3 cm³/mol. The Morgan fingerprint density at radius 2 is 2.07 bits per heavy atom. The van der Waals surface area contributed by atoms with Crippen molar-refractivity contribution < 1.29 is 4.79 Å². The van der Waals surface area contributed by atoms with Gasteiger partial charge in [-0.05, 0) is 42.0 Å². The summed E-state index contributed by atoms with van der Waals surface area (Å²) in [5.74, 6) is 0.558. The molecule has 1 aromatic carbocycles. The van der Waals surface area contributed by atoms with Crippen molar-refractivity contribution in [2.45, 2.75) is 33.1 Å². The normalized spacial score (nSPS) is 15.1. The second-order valence-corrected chi connectivity index (χ2v) is 4.53. The molecule has 0 atom stereocenters. The predicted octanol–water partition coefficient (Wildman–Crippen LogP) is 2.40. The first-order valence-electron chi connectivity index (χ1n) is 5.51. The van der Waals surface area contributed by atoms with Crippen molar-refractivity contribution in [3.8, 4) is 0 Å². The van der Waals surface area contributed by atoms with Crippen LogP contribution in [0.4, 0.5) is 0 Å². The van der Waals surface area contributed by atoms with Gasteiger partial charge in [-0.1, -0.05) is 19.9 Å². The zero-order valence-corrected chi connectivity index (χ0v) is 9.55. The molecule has 1 heterocycles. The molecule has 1 N–H and O–H groups in total. The summed E-state index contributed by atoms with van der Waals surface area (Å²) in [4.78, 5) is 11.7. The standard InChI is InChI=1S/C13H17NO/c1-8(2)11-7-12-10(6-9(11)3)4-5-14-13(12)15/h6-8H,4-5H2,1-3H3,(H,14,15). The minimum absolute atomic E-state index is 0.0816. The summed E-state index contributed by atoms with van der Waals surface area (Å²) in [6.07, 6.45) is 0.959. The first-order valence-corrected chi connectivity index (χ1v) is 5.51. The average molecular weight is 203 g/mol. The molecule has 1 aliphatic heterocycles. The van der Waals surface area contributed by atoms with Crippen LogP contribution in [0, 0.1) is 6.92 Å². The Hall–Kier alpha value is -1.31. The van der Waals surface area contributed by atoms with E-state index < -0.39 is 0 Å². The summed E-state index contributed by atoms with van der Waals surface area (Å²) in [5.41, 5.74) is 4.65. The van der Waals surface area contributed by atoms with Gasteiger partial charge in [0.15, 0.2) is 0 Å². The number of nitrogens with one attached hydrogen (secondary N) is 1. The van der Waals surface area contributed by atoms with Gasteiger partial charge in [0.05, 0.1) is 0 Å². The molecule has 0 saturated carbocycles. The quantitative estimate of drug-likeness (QED) is 0.746. The highest BCUT2D eigenvalue weighted by Crippen LogP contribution is 2.25. The Morgan fingerprint density at radius 3 is 2.73 bits per heavy atom. The Labute approximate surface area is 90.7 Å². The van der Waals surface area contributed by atoms with E-state index in [1.54, 1.807) is 0 Å². The van der Waals surface area contributed by atoms with Crippen molar-refractivity contribution in [2.75, 3.05) is 6.54 Å². The van der Waals surface area contributed by atoms with E-state index in [2.05, 4.69) is 38.2 Å². The third kappa shape index (κ3) is 1.76. The number of aryl methyl sites for hydroxylation is 1. The van der Waals surface area contributed by atoms with Crippen LogP contribution in [0.5, 0.6) is 0 Å². The smallest absolute Gasteiger partial charge is 0.251 e. The van der Waals surface area contributed by atoms with Crippen molar-refractivity contribution in [3.05, 3.63) is 34.4 Å². The number of carbonyl (C=O) groups excluding carboxylic acids is 1. The minimum Gasteiger partial charge on any atom is -0.352 e. The van der Waals surface area contributed by atoms with Crippen LogP contribution >= 0.6 is 0 Å². The van der Waals surface area contributed by atoms with Crippen LogP contribution in [0.1, 0.15) is 46.8 Å². The molecule has 1 amide bonds. The molecule has 0 aromatic heterocycles. The molecular formula is C13H17NO. The van der Waals surface area contributed by atoms with Gasteiger partial charge < -0.3 is 5.32 Å². The van der Waals surface area contributed by atoms with Gasteiger partial charge in [-0.25, -0.2) is 0 Å². The summed E-state index contributed by atoms with van der Waals surface area (Å²) >= 11 is 0. The number of fused-ring (bicyclic) bond motifs is 1. The largest absolute Gasteiger partial charge is 0.352 e. The Bertz CT molecular complexity index is 407. The summed E-state index contributed by atoms with van der Waals surface area (Å²) in [6, 6.07) is 4.23. The van der Waals surface area contributed by atoms with E-state index in [0.29, 0.717) is 5.92 Å². The fourth-order valence-corrected chi connectivity index (χ4v) is 2.23. The van der Waals surface area contributed by atoms with Crippen LogP contribution in [-0.4, -0.2) is 12.5 Å². The number of hydrogen-bond donors (Lipinski definition) is 1. The van der Waals surface area contributed by atoms with Gasteiger partial charge in [-0.2, -0.15) is 0 Å². The highest BCUT2D eigenvalue weighted by Gasteiger charge is 2.18. The van der Waals surface area contributed by atoms with Gasteiger partial charge in [0.25, 0.3) is 5.91 Å². The lowest BCUT2D eigenvalue weighted by Crippen LogP contribution is -2.32. The number of benzene rings is 1. The lowest BCUT2D eigenvalue weighted by atomic mass is 9.90. The molecule has 2 nitrogen and oxygen atoms in total. The molecule has 1 aromatic rings. The van der Waals surface area contributed by atoms with Gasteiger partial charge >= 0.3 is 0 Å². The summed E-state index contributed by atoms with van der Waals surface area (Å²) < 4.78 is 0. The van der Waals surface area contributed by atoms with Crippen LogP contribution in [0.2, 0.25) is 0 Å². The molecule has 2 rings (SSSR count). The van der Waals surface area contributed by atoms with E-state index in [-0.39, 0.29) is 5.91 Å². The topological polar surface area (TPSA) is 29.1 Å². The molecule has 1 aliphatic rings. The second kappa shape index (κ2) is 3.69. The zero-order valence-electron chi connectivity index (χ0n) is 9.55. The monoisotopic (exact) mass is 203 g/mol. The van der Waals surface area contributed by atoms with Crippen molar-refractivity contribution in [1.29, 1.82) is 0 Å². The molecule has 0 fully saturated rings. The molecule has 15 heavy (non-hydrogen) atoms. The summed E-state index contributed by atoms with van der Waals surface area (Å²) in [5, 5.41) is 2.88. The lowest BCUT2D eigenvalue weighted by Gasteiger charge is -2.20. The van der Waals surface area contributed by atoms with Crippen LogP contribution in [0.25, 0.3) is 0 Å². The molecule has 0 bridgehead atoms. The van der Waals surface area contributed by atoms with Crippen molar-refractivity contribution >= 4 is 5.91 Å². The minimum atomic E-state index is 0.0816. The maximum Gasteiger partial charge on any atom is 0.251 e. The lowest BCUT2D eigenvalue weighted by molar-refractivity contribution is 0.0946. The molecule has 0 unspecified atom stereocenters. The van der Waals surface area contributed by atoms with Crippen molar-refractivity contribution in [1.82, 2.24) is 5.32 Å². The molecule has 2 heteroatoms. The first-order chi connectivity index (χ1) is 7.09. The third-order valence-electron chi connectivity index (χ3n) is 3.04. The number of hydrogen-bond acceptors (Lipinski definition) is 1. The molecule has 0 aliphatic carbocycles. The fourth-order valence-electron chi connectivity index (χ4n) is 2.23. The number of rotatable bonds is 1. The second-order valence-electron chi connectivity index (χ2n) is 4.53. The van der Waals surface area contributed by atoms with Gasteiger partial charge in [0.2, 0.25) is 0 Å². The van der Waals surface area contributed by atoms with Gasteiger partial charge in [-0.3, -0.25) is 4.79 Å². The van der Waals surface area contributed by atoms with Gasteiger partial charge in [-0.15, -0.1) is 0 Å². The third-order valence-corrected chi connectivity index (χ3v) is 3.04. The summed E-state index contributed by atoms with van der Waals surface area (Å²) in [7, 11) is 0. The van der Waals surface area contributed by atoms with Crippen LogP contribution in [0.15, 0.2) is 12.1 Å².